The van der Waals surface area contributed by atoms with Gasteiger partial charge in [-0.2, -0.15) is 0 Å². The summed E-state index contributed by atoms with van der Waals surface area (Å²) in [4.78, 5) is 47.8. The molecule has 10 nitrogen and oxygen atoms in total. The monoisotopic (exact) mass is 492 g/mol. The molecule has 3 rings (SSSR count). The lowest BCUT2D eigenvalue weighted by Crippen LogP contribution is -2.13. The molecule has 0 aliphatic carbocycles. The zero-order chi connectivity index (χ0) is 26.2. The van der Waals surface area contributed by atoms with Gasteiger partial charge in [-0.3, -0.25) is 0 Å². The van der Waals surface area contributed by atoms with Crippen molar-refractivity contribution in [3.8, 4) is 0 Å². The first-order valence-corrected chi connectivity index (χ1v) is 11.0. The molecule has 0 fully saturated rings. The highest BCUT2D eigenvalue weighted by Gasteiger charge is 2.22. The highest BCUT2D eigenvalue weighted by molar-refractivity contribution is 6.04. The maximum Gasteiger partial charge on any atom is 0.340 e. The summed E-state index contributed by atoms with van der Waals surface area (Å²) >= 11 is 0. The molecule has 0 aromatic heterocycles. The van der Waals surface area contributed by atoms with Gasteiger partial charge in [0.15, 0.2) is 0 Å². The number of carbonyl (C=O) groups excluding carboxylic acids is 2. The van der Waals surface area contributed by atoms with Gasteiger partial charge in [0.05, 0.1) is 46.8 Å². The summed E-state index contributed by atoms with van der Waals surface area (Å²) in [6.07, 6.45) is 0. The third-order valence-electron chi connectivity index (χ3n) is 4.97. The fourth-order valence-electron chi connectivity index (χ4n) is 3.27. The van der Waals surface area contributed by atoms with Crippen LogP contribution in [0.25, 0.3) is 0 Å². The number of hydrogen-bond donors (Lipinski definition) is 4. The molecule has 0 spiro atoms. The lowest BCUT2D eigenvalue weighted by molar-refractivity contribution is 0.0513. The molecule has 0 radical (unpaired) electrons. The van der Waals surface area contributed by atoms with Crippen LogP contribution in [0.4, 0.5) is 22.7 Å². The number of anilines is 4. The lowest BCUT2D eigenvalue weighted by Gasteiger charge is -2.18. The summed E-state index contributed by atoms with van der Waals surface area (Å²) in [5, 5.41) is 24.3. The van der Waals surface area contributed by atoms with Crippen molar-refractivity contribution in [2.75, 3.05) is 23.8 Å². The molecule has 0 saturated heterocycles. The second-order valence-electron chi connectivity index (χ2n) is 7.40. The summed E-state index contributed by atoms with van der Waals surface area (Å²) in [6, 6.07) is 14.6. The van der Waals surface area contributed by atoms with Gasteiger partial charge >= 0.3 is 23.9 Å². The largest absolute Gasteiger partial charge is 0.478 e. The zero-order valence-corrected chi connectivity index (χ0v) is 19.5. The van der Waals surface area contributed by atoms with Crippen LogP contribution in [0.2, 0.25) is 0 Å². The number of rotatable bonds is 10. The Labute approximate surface area is 206 Å². The molecule has 0 heterocycles. The van der Waals surface area contributed by atoms with Gasteiger partial charge in [0, 0.05) is 11.4 Å². The number of carboxylic acids is 2. The van der Waals surface area contributed by atoms with Gasteiger partial charge in [0.1, 0.15) is 0 Å². The van der Waals surface area contributed by atoms with Crippen LogP contribution < -0.4 is 10.6 Å². The summed E-state index contributed by atoms with van der Waals surface area (Å²) in [6.45, 7) is 3.55. The Kier molecular flexibility index (Phi) is 8.24. The average molecular weight is 492 g/mol. The second-order valence-corrected chi connectivity index (χ2v) is 7.40. The molecule has 0 bridgehead atoms. The Hall–Kier alpha value is -4.86. The molecular formula is C26H24N2O8. The number of carboxylic acid groups (broad SMARTS) is 2. The van der Waals surface area contributed by atoms with E-state index in [2.05, 4.69) is 10.6 Å². The molecule has 0 aliphatic rings. The van der Waals surface area contributed by atoms with E-state index in [1.54, 1.807) is 13.8 Å². The summed E-state index contributed by atoms with van der Waals surface area (Å²) in [7, 11) is 0. The number of hydrogen-bond acceptors (Lipinski definition) is 8. The highest BCUT2D eigenvalue weighted by Crippen LogP contribution is 2.32. The minimum atomic E-state index is -1.08. The Bertz CT molecular complexity index is 1180. The van der Waals surface area contributed by atoms with E-state index < -0.39 is 23.9 Å². The van der Waals surface area contributed by atoms with Gasteiger partial charge in [0.25, 0.3) is 0 Å². The van der Waals surface area contributed by atoms with Gasteiger partial charge in [0.2, 0.25) is 0 Å². The van der Waals surface area contributed by atoms with Crippen molar-refractivity contribution >= 4 is 46.6 Å². The molecule has 3 aromatic carbocycles. The van der Waals surface area contributed by atoms with Crippen LogP contribution in [-0.4, -0.2) is 47.3 Å². The smallest absolute Gasteiger partial charge is 0.340 e. The Morgan fingerprint density at radius 3 is 1.25 bits per heavy atom. The van der Waals surface area contributed by atoms with E-state index in [1.165, 1.54) is 60.7 Å². The standard InChI is InChI=1S/C26H24N2O8/c1-3-35-25(33)19-13-22(28-18-11-7-16(8-12-18)24(31)32)20(26(34)36-4-2)14-21(19)27-17-9-5-15(6-10-17)23(29)30/h5-14,27-28H,3-4H2,1-2H3,(H,29,30)(H,31,32). The van der Waals surface area contributed by atoms with E-state index in [-0.39, 0.29) is 46.8 Å². The zero-order valence-electron chi connectivity index (χ0n) is 19.5. The molecule has 0 amide bonds. The van der Waals surface area contributed by atoms with Crippen LogP contribution in [0.3, 0.4) is 0 Å². The Morgan fingerprint density at radius 1 is 0.639 bits per heavy atom. The van der Waals surface area contributed by atoms with E-state index in [0.29, 0.717) is 11.4 Å². The normalized spacial score (nSPS) is 10.3. The van der Waals surface area contributed by atoms with Crippen molar-refractivity contribution in [1.29, 1.82) is 0 Å². The SMILES string of the molecule is CCOC(=O)c1cc(Nc2ccc(C(=O)O)cc2)c(C(=O)OCC)cc1Nc1ccc(C(=O)O)cc1. The van der Waals surface area contributed by atoms with Gasteiger partial charge in [-0.05, 0) is 74.5 Å². The first kappa shape index (κ1) is 25.8. The fourth-order valence-corrected chi connectivity index (χ4v) is 3.27. The van der Waals surface area contributed by atoms with Gasteiger partial charge in [-0.1, -0.05) is 0 Å². The maximum atomic E-state index is 12.8. The van der Waals surface area contributed by atoms with Crippen LogP contribution in [0.15, 0.2) is 60.7 Å². The molecular weight excluding hydrogens is 468 g/mol. The van der Waals surface area contributed by atoms with E-state index in [9.17, 15) is 19.2 Å². The van der Waals surface area contributed by atoms with Gasteiger partial charge < -0.3 is 30.3 Å². The predicted molar refractivity (Wildman–Crippen MR) is 132 cm³/mol. The number of carbonyl (C=O) groups is 4. The summed E-state index contributed by atoms with van der Waals surface area (Å²) < 4.78 is 10.4. The topological polar surface area (TPSA) is 151 Å². The van der Waals surface area contributed by atoms with Gasteiger partial charge in [-0.25, -0.2) is 19.2 Å². The lowest BCUT2D eigenvalue weighted by atomic mass is 10.0. The van der Waals surface area contributed by atoms with Crippen LogP contribution in [-0.2, 0) is 9.47 Å². The average Bonchev–Trinajstić information content (AvgIpc) is 2.85. The summed E-state index contributed by atoms with van der Waals surface area (Å²) in [5.74, 6) is -3.46. The van der Waals surface area contributed by atoms with E-state index in [4.69, 9.17) is 19.7 Å². The third kappa shape index (κ3) is 6.17. The number of benzene rings is 3. The number of nitrogens with one attached hydrogen (secondary N) is 2. The van der Waals surface area contributed by atoms with E-state index >= 15 is 0 Å². The highest BCUT2D eigenvalue weighted by atomic mass is 16.5. The second kappa shape index (κ2) is 11.5. The summed E-state index contributed by atoms with van der Waals surface area (Å²) in [5.41, 5.74) is 1.83. The van der Waals surface area contributed by atoms with Crippen molar-refractivity contribution < 1.29 is 38.9 Å². The first-order chi connectivity index (χ1) is 17.2. The van der Waals surface area contributed by atoms with Crippen molar-refractivity contribution in [2.45, 2.75) is 13.8 Å². The number of aromatic carboxylic acids is 2. The van der Waals surface area contributed by atoms with Crippen molar-refractivity contribution in [3.63, 3.8) is 0 Å². The third-order valence-corrected chi connectivity index (χ3v) is 4.97. The molecule has 0 unspecified atom stereocenters. The molecule has 186 valence electrons. The van der Waals surface area contributed by atoms with Crippen LogP contribution >= 0.6 is 0 Å². The number of ether oxygens (including phenoxy) is 2. The van der Waals surface area contributed by atoms with Crippen molar-refractivity contribution in [1.82, 2.24) is 0 Å². The molecule has 10 heteroatoms. The van der Waals surface area contributed by atoms with Crippen LogP contribution in [0, 0.1) is 0 Å². The van der Waals surface area contributed by atoms with E-state index in [1.807, 2.05) is 0 Å². The number of esters is 2. The molecule has 0 aliphatic heterocycles. The Morgan fingerprint density at radius 2 is 0.972 bits per heavy atom. The fraction of sp³-hybridized carbons (Fsp3) is 0.154. The van der Waals surface area contributed by atoms with Gasteiger partial charge in [-0.15, -0.1) is 0 Å². The van der Waals surface area contributed by atoms with E-state index in [0.717, 1.165) is 0 Å². The molecule has 0 saturated carbocycles. The first-order valence-electron chi connectivity index (χ1n) is 11.0. The maximum absolute atomic E-state index is 12.8. The van der Waals surface area contributed by atoms with Crippen molar-refractivity contribution in [2.24, 2.45) is 0 Å². The van der Waals surface area contributed by atoms with Crippen LogP contribution in [0.5, 0.6) is 0 Å². The van der Waals surface area contributed by atoms with Crippen LogP contribution in [0.1, 0.15) is 55.3 Å². The molecule has 0 atom stereocenters. The van der Waals surface area contributed by atoms with Crippen molar-refractivity contribution in [3.05, 3.63) is 82.9 Å². The molecule has 3 aromatic rings. The minimum absolute atomic E-state index is 0.0897. The predicted octanol–water partition coefficient (Wildman–Crippen LogP) is 4.92. The minimum Gasteiger partial charge on any atom is -0.478 e. The molecule has 36 heavy (non-hydrogen) atoms. The quantitative estimate of drug-likeness (QED) is 0.287. The molecule has 4 N–H and O–H groups in total. The Balaban J connectivity index is 2.08.